The third kappa shape index (κ3) is 4.60. The fraction of sp³-hybridized carbons (Fsp3) is 0.381. The van der Waals surface area contributed by atoms with E-state index in [1.165, 1.54) is 5.32 Å². The SMILES string of the molecule is Cc1c(C(F)(NC(=O)Nc2cnc(N[C@H](CO)C3CC3)nc2)C(F)F)oc2c(F)cc(F)cc12. The molecule has 1 aromatic carbocycles. The quantitative estimate of drug-likeness (QED) is 0.281. The first-order chi connectivity index (χ1) is 16.1. The van der Waals surface area contributed by atoms with Crippen LogP contribution in [0.4, 0.5) is 38.4 Å². The molecule has 2 aromatic heterocycles. The summed E-state index contributed by atoms with van der Waals surface area (Å²) in [6.45, 7) is 1.03. The first kappa shape index (κ1) is 23.7. The molecule has 0 aliphatic heterocycles. The predicted octanol–water partition coefficient (Wildman–Crippen LogP) is 4.20. The van der Waals surface area contributed by atoms with E-state index in [0.29, 0.717) is 12.0 Å². The fourth-order valence-corrected chi connectivity index (χ4v) is 3.57. The maximum Gasteiger partial charge on any atom is 0.322 e. The summed E-state index contributed by atoms with van der Waals surface area (Å²) in [4.78, 5) is 20.2. The number of anilines is 2. The number of nitrogens with zero attached hydrogens (tertiary/aromatic N) is 2. The molecule has 1 aliphatic carbocycles. The molecule has 0 spiro atoms. The molecule has 2 amide bonds. The van der Waals surface area contributed by atoms with Crippen LogP contribution in [-0.2, 0) is 5.79 Å². The number of aliphatic hydroxyl groups is 1. The number of halogens is 5. The Morgan fingerprint density at radius 2 is 1.94 bits per heavy atom. The molecular weight excluding hydrogens is 465 g/mol. The van der Waals surface area contributed by atoms with Crippen LogP contribution in [0.25, 0.3) is 11.0 Å². The smallest absolute Gasteiger partial charge is 0.322 e. The summed E-state index contributed by atoms with van der Waals surface area (Å²) in [5.74, 6) is -6.64. The molecule has 182 valence electrons. The minimum Gasteiger partial charge on any atom is -0.452 e. The van der Waals surface area contributed by atoms with Gasteiger partial charge >= 0.3 is 11.8 Å². The molecule has 0 bridgehead atoms. The van der Waals surface area contributed by atoms with Gasteiger partial charge in [-0.15, -0.1) is 0 Å². The number of furan rings is 1. The highest BCUT2D eigenvalue weighted by molar-refractivity contribution is 5.90. The molecule has 2 atom stereocenters. The average molecular weight is 485 g/mol. The van der Waals surface area contributed by atoms with Crippen LogP contribution >= 0.6 is 0 Å². The Bertz CT molecular complexity index is 1200. The molecule has 1 unspecified atom stereocenters. The van der Waals surface area contributed by atoms with E-state index < -0.39 is 41.2 Å². The highest BCUT2D eigenvalue weighted by Gasteiger charge is 2.49. The number of nitrogens with one attached hydrogen (secondary N) is 3. The lowest BCUT2D eigenvalue weighted by Gasteiger charge is -2.24. The maximum atomic E-state index is 15.4. The Balaban J connectivity index is 1.50. The molecule has 34 heavy (non-hydrogen) atoms. The van der Waals surface area contributed by atoms with E-state index in [0.717, 1.165) is 38.2 Å². The van der Waals surface area contributed by atoms with E-state index in [4.69, 9.17) is 4.42 Å². The van der Waals surface area contributed by atoms with Crippen LogP contribution in [0.1, 0.15) is 24.2 Å². The fourth-order valence-electron chi connectivity index (χ4n) is 3.57. The number of aryl methyl sites for hydroxylation is 1. The second-order valence-corrected chi connectivity index (χ2v) is 7.98. The molecule has 0 saturated heterocycles. The van der Waals surface area contributed by atoms with Gasteiger partial charge in [0, 0.05) is 17.0 Å². The molecule has 1 fully saturated rings. The van der Waals surface area contributed by atoms with Crippen LogP contribution in [0.5, 0.6) is 0 Å². The lowest BCUT2D eigenvalue weighted by molar-refractivity contribution is -0.0664. The number of hydrogen-bond acceptors (Lipinski definition) is 6. The number of carbonyl (C=O) groups excluding carboxylic acids is 1. The Kier molecular flexibility index (Phi) is 6.30. The third-order valence-electron chi connectivity index (χ3n) is 5.50. The lowest BCUT2D eigenvalue weighted by atomic mass is 10.1. The highest BCUT2D eigenvalue weighted by atomic mass is 19.3. The van der Waals surface area contributed by atoms with Crippen molar-refractivity contribution < 1.29 is 36.3 Å². The monoisotopic (exact) mass is 485 g/mol. The topological polar surface area (TPSA) is 112 Å². The van der Waals surface area contributed by atoms with Gasteiger partial charge in [-0.05, 0) is 31.7 Å². The second-order valence-electron chi connectivity index (χ2n) is 7.98. The molecule has 1 saturated carbocycles. The van der Waals surface area contributed by atoms with E-state index in [2.05, 4.69) is 20.6 Å². The zero-order valence-corrected chi connectivity index (χ0v) is 17.7. The van der Waals surface area contributed by atoms with Crippen molar-refractivity contribution in [3.05, 3.63) is 47.5 Å². The standard InChI is InChI=1S/C21H20F5N5O3/c1-9-13-4-11(22)5-14(23)16(13)34-17(9)21(26,18(24)25)31-20(33)29-12-6-27-19(28-7-12)30-15(8-32)10-2-3-10/h4-7,10,15,18,32H,2-3,8H2,1H3,(H,27,28,30)(H2,29,31,33)/t15-,21?/m1/s1. The number of urea groups is 1. The molecule has 3 aromatic rings. The summed E-state index contributed by atoms with van der Waals surface area (Å²) in [5, 5.41) is 15.7. The minimum absolute atomic E-state index is 0.0407. The number of aliphatic hydroxyl groups excluding tert-OH is 1. The van der Waals surface area contributed by atoms with Crippen LogP contribution in [0.15, 0.2) is 28.9 Å². The van der Waals surface area contributed by atoms with E-state index >= 15 is 4.39 Å². The number of hydrogen-bond donors (Lipinski definition) is 4. The molecule has 2 heterocycles. The number of carbonyl (C=O) groups is 1. The number of benzene rings is 1. The van der Waals surface area contributed by atoms with Crippen molar-refractivity contribution in [1.82, 2.24) is 15.3 Å². The molecule has 8 nitrogen and oxygen atoms in total. The van der Waals surface area contributed by atoms with Crippen LogP contribution in [0.3, 0.4) is 0 Å². The van der Waals surface area contributed by atoms with E-state index in [1.54, 1.807) is 0 Å². The Morgan fingerprint density at radius 3 is 2.53 bits per heavy atom. The average Bonchev–Trinajstić information content (AvgIpc) is 3.56. The van der Waals surface area contributed by atoms with Gasteiger partial charge in [0.05, 0.1) is 30.7 Å². The largest absolute Gasteiger partial charge is 0.452 e. The third-order valence-corrected chi connectivity index (χ3v) is 5.50. The number of rotatable bonds is 8. The molecular formula is C21H20F5N5O3. The number of aromatic nitrogens is 2. The van der Waals surface area contributed by atoms with Crippen LogP contribution in [-0.4, -0.2) is 40.2 Å². The zero-order valence-electron chi connectivity index (χ0n) is 17.7. The van der Waals surface area contributed by atoms with Crippen LogP contribution < -0.4 is 16.0 Å². The predicted molar refractivity (Wildman–Crippen MR) is 111 cm³/mol. The van der Waals surface area contributed by atoms with E-state index in [9.17, 15) is 27.5 Å². The van der Waals surface area contributed by atoms with E-state index in [-0.39, 0.29) is 35.2 Å². The van der Waals surface area contributed by atoms with Gasteiger partial charge in [-0.3, -0.25) is 5.32 Å². The Hall–Kier alpha value is -3.48. The van der Waals surface area contributed by atoms with Crippen molar-refractivity contribution in [3.8, 4) is 0 Å². The van der Waals surface area contributed by atoms with Gasteiger partial charge in [0.15, 0.2) is 17.2 Å². The van der Waals surface area contributed by atoms with Crippen molar-refractivity contribution in [2.24, 2.45) is 5.92 Å². The maximum absolute atomic E-state index is 15.4. The Morgan fingerprint density at radius 1 is 1.26 bits per heavy atom. The molecule has 1 aliphatic rings. The Labute approximate surface area is 189 Å². The van der Waals surface area contributed by atoms with Crippen LogP contribution in [0, 0.1) is 24.5 Å². The summed E-state index contributed by atoms with van der Waals surface area (Å²) < 4.78 is 75.3. The summed E-state index contributed by atoms with van der Waals surface area (Å²) in [6.07, 6.45) is 0.441. The second kappa shape index (κ2) is 9.05. The van der Waals surface area contributed by atoms with Crippen molar-refractivity contribution in [2.75, 3.05) is 17.2 Å². The first-order valence-electron chi connectivity index (χ1n) is 10.3. The normalized spacial score (nSPS) is 16.4. The number of fused-ring (bicyclic) bond motifs is 1. The van der Waals surface area contributed by atoms with Crippen molar-refractivity contribution >= 4 is 28.6 Å². The number of alkyl halides is 3. The van der Waals surface area contributed by atoms with Gasteiger partial charge in [0.25, 0.3) is 6.43 Å². The van der Waals surface area contributed by atoms with Gasteiger partial charge in [-0.1, -0.05) is 0 Å². The molecule has 13 heteroatoms. The van der Waals surface area contributed by atoms with Crippen molar-refractivity contribution in [1.29, 1.82) is 0 Å². The minimum atomic E-state index is -3.85. The van der Waals surface area contributed by atoms with Gasteiger partial charge in [0.2, 0.25) is 5.95 Å². The molecule has 4 N–H and O–H groups in total. The summed E-state index contributed by atoms with van der Waals surface area (Å²) in [6, 6.07) is -0.330. The number of amides is 2. The summed E-state index contributed by atoms with van der Waals surface area (Å²) >= 11 is 0. The first-order valence-corrected chi connectivity index (χ1v) is 10.3. The summed E-state index contributed by atoms with van der Waals surface area (Å²) in [5.41, 5.74) is -0.965. The van der Waals surface area contributed by atoms with Crippen molar-refractivity contribution in [2.45, 2.75) is 38.0 Å². The summed E-state index contributed by atoms with van der Waals surface area (Å²) in [7, 11) is 0. The lowest BCUT2D eigenvalue weighted by Crippen LogP contribution is -2.49. The highest BCUT2D eigenvalue weighted by Crippen LogP contribution is 2.39. The molecule has 4 rings (SSSR count). The van der Waals surface area contributed by atoms with E-state index in [1.807, 2.05) is 0 Å². The van der Waals surface area contributed by atoms with Crippen LogP contribution in [0.2, 0.25) is 0 Å². The van der Waals surface area contributed by atoms with Gasteiger partial charge < -0.3 is 20.2 Å². The van der Waals surface area contributed by atoms with Gasteiger partial charge in [-0.2, -0.15) is 0 Å². The van der Waals surface area contributed by atoms with Gasteiger partial charge in [-0.25, -0.2) is 36.7 Å². The molecule has 0 radical (unpaired) electrons. The van der Waals surface area contributed by atoms with Crippen molar-refractivity contribution in [3.63, 3.8) is 0 Å². The van der Waals surface area contributed by atoms with Gasteiger partial charge in [0.1, 0.15) is 5.82 Å². The zero-order chi connectivity index (χ0) is 24.6.